The van der Waals surface area contributed by atoms with E-state index in [9.17, 15) is 9.90 Å². The Morgan fingerprint density at radius 2 is 1.88 bits per heavy atom. The smallest absolute Gasteiger partial charge is 0.259 e. The number of carbonyl (C=O) groups is 1. The van der Waals surface area contributed by atoms with E-state index in [0.29, 0.717) is 11.3 Å². The van der Waals surface area contributed by atoms with Gasteiger partial charge in [0.1, 0.15) is 17.3 Å². The SMILES string of the molecule is COc1ccc(C(O)=CC(=O)c2cc(C)ccc2OC(N)=S)cc1. The summed E-state index contributed by atoms with van der Waals surface area (Å²) in [5, 5.41) is 9.98. The van der Waals surface area contributed by atoms with Gasteiger partial charge in [-0.05, 0) is 55.5 Å². The number of hydrogen-bond donors (Lipinski definition) is 2. The molecule has 0 saturated carbocycles. The molecule has 3 N–H and O–H groups in total. The lowest BCUT2D eigenvalue weighted by Gasteiger charge is -2.09. The zero-order valence-corrected chi connectivity index (χ0v) is 14.1. The van der Waals surface area contributed by atoms with Crippen molar-refractivity contribution < 1.29 is 19.4 Å². The summed E-state index contributed by atoms with van der Waals surface area (Å²) in [6.45, 7) is 1.84. The molecule has 0 atom stereocenters. The Kier molecular flexibility index (Phi) is 5.55. The van der Waals surface area contributed by atoms with Gasteiger partial charge in [-0.15, -0.1) is 0 Å². The molecule has 0 radical (unpaired) electrons. The fourth-order valence-corrected chi connectivity index (χ4v) is 2.17. The fourth-order valence-electron chi connectivity index (χ4n) is 2.08. The predicted molar refractivity (Wildman–Crippen MR) is 96.5 cm³/mol. The number of allylic oxidation sites excluding steroid dienone is 1. The van der Waals surface area contributed by atoms with Gasteiger partial charge in [-0.3, -0.25) is 4.79 Å². The molecule has 5 nitrogen and oxygen atoms in total. The van der Waals surface area contributed by atoms with Crippen LogP contribution in [0.15, 0.2) is 48.5 Å². The summed E-state index contributed by atoms with van der Waals surface area (Å²) < 4.78 is 10.3. The molecule has 124 valence electrons. The van der Waals surface area contributed by atoms with Crippen molar-refractivity contribution in [3.63, 3.8) is 0 Å². The molecule has 24 heavy (non-hydrogen) atoms. The Morgan fingerprint density at radius 1 is 1.21 bits per heavy atom. The van der Waals surface area contributed by atoms with Crippen molar-refractivity contribution in [2.45, 2.75) is 6.92 Å². The van der Waals surface area contributed by atoms with Crippen molar-refractivity contribution in [1.82, 2.24) is 0 Å². The lowest BCUT2D eigenvalue weighted by molar-refractivity contribution is 0.104. The van der Waals surface area contributed by atoms with Crippen LogP contribution in [0.3, 0.4) is 0 Å². The highest BCUT2D eigenvalue weighted by atomic mass is 32.1. The van der Waals surface area contributed by atoms with Gasteiger partial charge in [0.05, 0.1) is 12.7 Å². The molecule has 0 spiro atoms. The van der Waals surface area contributed by atoms with Gasteiger partial charge >= 0.3 is 0 Å². The summed E-state index contributed by atoms with van der Waals surface area (Å²) in [5.41, 5.74) is 7.00. The van der Waals surface area contributed by atoms with E-state index < -0.39 is 5.78 Å². The minimum absolute atomic E-state index is 0.162. The molecule has 0 amide bonds. The average Bonchev–Trinajstić information content (AvgIpc) is 2.56. The maximum Gasteiger partial charge on any atom is 0.259 e. The third-order valence-electron chi connectivity index (χ3n) is 3.26. The van der Waals surface area contributed by atoms with Crippen LogP contribution in [0, 0.1) is 6.92 Å². The first-order chi connectivity index (χ1) is 11.4. The Hall–Kier alpha value is -2.86. The van der Waals surface area contributed by atoms with Gasteiger partial charge in [0.2, 0.25) is 0 Å². The summed E-state index contributed by atoms with van der Waals surface area (Å²) in [6.07, 6.45) is 1.13. The average molecular weight is 343 g/mol. The predicted octanol–water partition coefficient (Wildman–Crippen LogP) is 3.41. The first kappa shape index (κ1) is 17.5. The highest BCUT2D eigenvalue weighted by Gasteiger charge is 2.14. The number of aliphatic hydroxyl groups excluding tert-OH is 1. The molecule has 0 aromatic heterocycles. The van der Waals surface area contributed by atoms with Gasteiger partial charge in [0.15, 0.2) is 5.78 Å². The molecule has 0 saturated heterocycles. The largest absolute Gasteiger partial charge is 0.507 e. The van der Waals surface area contributed by atoms with Crippen molar-refractivity contribution in [2.24, 2.45) is 5.73 Å². The van der Waals surface area contributed by atoms with Crippen LogP contribution in [0.25, 0.3) is 5.76 Å². The standard InChI is InChI=1S/C18H17NO4S/c1-11-3-8-17(23-18(19)24)14(9-11)16(21)10-15(20)12-4-6-13(22-2)7-5-12/h3-10,20H,1-2H3,(H2,19,24). The van der Waals surface area contributed by atoms with Crippen molar-refractivity contribution in [3.05, 3.63) is 65.2 Å². The molecule has 2 aromatic carbocycles. The number of benzene rings is 2. The van der Waals surface area contributed by atoms with Crippen molar-refractivity contribution in [1.29, 1.82) is 0 Å². The van der Waals surface area contributed by atoms with Crippen LogP contribution in [-0.4, -0.2) is 23.2 Å². The number of ketones is 1. The number of carbonyl (C=O) groups excluding carboxylic acids is 1. The molecule has 0 heterocycles. The number of aryl methyl sites for hydroxylation is 1. The second-order valence-corrected chi connectivity index (χ2v) is 5.45. The third kappa shape index (κ3) is 4.33. The molecule has 2 aromatic rings. The Morgan fingerprint density at radius 3 is 2.46 bits per heavy atom. The Balaban J connectivity index is 2.33. The summed E-state index contributed by atoms with van der Waals surface area (Å²) in [6, 6.07) is 11.7. The van der Waals surface area contributed by atoms with Gasteiger partial charge in [-0.25, -0.2) is 0 Å². The molecular weight excluding hydrogens is 326 g/mol. The van der Waals surface area contributed by atoms with Crippen LogP contribution in [0.2, 0.25) is 0 Å². The van der Waals surface area contributed by atoms with Crippen molar-refractivity contribution >= 4 is 28.9 Å². The van der Waals surface area contributed by atoms with E-state index in [4.69, 9.17) is 27.4 Å². The second kappa shape index (κ2) is 7.61. The molecule has 0 aliphatic rings. The molecular formula is C18H17NO4S. The zero-order chi connectivity index (χ0) is 17.7. The number of methoxy groups -OCH3 is 1. The van der Waals surface area contributed by atoms with E-state index in [0.717, 1.165) is 11.6 Å². The first-order valence-electron chi connectivity index (χ1n) is 7.08. The fraction of sp³-hybridized carbons (Fsp3) is 0.111. The molecule has 0 unspecified atom stereocenters. The summed E-state index contributed by atoms with van der Waals surface area (Å²) in [5.74, 6) is 0.323. The van der Waals surface area contributed by atoms with Crippen molar-refractivity contribution in [3.8, 4) is 11.5 Å². The van der Waals surface area contributed by atoms with E-state index in [1.54, 1.807) is 49.6 Å². The summed E-state index contributed by atoms with van der Waals surface area (Å²) in [4.78, 5) is 12.5. The maximum absolute atomic E-state index is 12.5. The highest BCUT2D eigenvalue weighted by molar-refractivity contribution is 7.80. The number of rotatable bonds is 5. The first-order valence-corrected chi connectivity index (χ1v) is 7.49. The van der Waals surface area contributed by atoms with Gasteiger partial charge < -0.3 is 20.3 Å². The summed E-state index contributed by atoms with van der Waals surface area (Å²) in [7, 11) is 1.55. The minimum Gasteiger partial charge on any atom is -0.507 e. The van der Waals surface area contributed by atoms with Crippen LogP contribution in [0.5, 0.6) is 11.5 Å². The maximum atomic E-state index is 12.5. The van der Waals surface area contributed by atoms with Gasteiger partial charge in [0.25, 0.3) is 5.17 Å². The van der Waals surface area contributed by atoms with Crippen LogP contribution in [0.1, 0.15) is 21.5 Å². The zero-order valence-electron chi connectivity index (χ0n) is 13.3. The van der Waals surface area contributed by atoms with Crippen LogP contribution in [-0.2, 0) is 0 Å². The number of hydrogen-bond acceptors (Lipinski definition) is 5. The number of aliphatic hydroxyl groups is 1. The monoisotopic (exact) mass is 343 g/mol. The second-order valence-electron chi connectivity index (χ2n) is 5.04. The number of thiocarbonyl (C=S) groups is 1. The van der Waals surface area contributed by atoms with Gasteiger partial charge in [-0.2, -0.15) is 0 Å². The third-order valence-corrected chi connectivity index (χ3v) is 3.35. The van der Waals surface area contributed by atoms with Crippen molar-refractivity contribution in [2.75, 3.05) is 7.11 Å². The molecule has 0 aliphatic heterocycles. The number of ether oxygens (including phenoxy) is 2. The lowest BCUT2D eigenvalue weighted by atomic mass is 10.0. The number of nitrogens with two attached hydrogens (primary N) is 1. The highest BCUT2D eigenvalue weighted by Crippen LogP contribution is 2.23. The van der Waals surface area contributed by atoms with Crippen LogP contribution < -0.4 is 15.2 Å². The van der Waals surface area contributed by atoms with Gasteiger partial charge in [-0.1, -0.05) is 11.6 Å². The molecule has 0 fully saturated rings. The van der Waals surface area contributed by atoms with Crippen LogP contribution >= 0.6 is 12.2 Å². The summed E-state index contributed by atoms with van der Waals surface area (Å²) >= 11 is 4.71. The van der Waals surface area contributed by atoms with Crippen LogP contribution in [0.4, 0.5) is 0 Å². The molecule has 2 rings (SSSR count). The molecule has 0 aliphatic carbocycles. The lowest BCUT2D eigenvalue weighted by Crippen LogP contribution is -2.17. The molecule has 6 heteroatoms. The van der Waals surface area contributed by atoms with Gasteiger partial charge in [0, 0.05) is 11.6 Å². The van der Waals surface area contributed by atoms with E-state index >= 15 is 0 Å². The van der Waals surface area contributed by atoms with E-state index in [1.807, 2.05) is 6.92 Å². The molecule has 0 bridgehead atoms. The van der Waals surface area contributed by atoms with E-state index in [1.165, 1.54) is 0 Å². The normalized spacial score (nSPS) is 11.0. The minimum atomic E-state index is -0.418. The topological polar surface area (TPSA) is 81.8 Å². The Labute approximate surface area is 145 Å². The van der Waals surface area contributed by atoms with E-state index in [2.05, 4.69) is 0 Å². The quantitative estimate of drug-likeness (QED) is 0.375. The van der Waals surface area contributed by atoms with E-state index in [-0.39, 0.29) is 22.2 Å². The Bertz CT molecular complexity index is 797.